The first kappa shape index (κ1) is 14.1. The molecule has 0 bridgehead atoms. The van der Waals surface area contributed by atoms with Gasteiger partial charge in [-0.15, -0.1) is 0 Å². The van der Waals surface area contributed by atoms with Crippen molar-refractivity contribution >= 4 is 16.7 Å². The molecule has 0 aliphatic heterocycles. The van der Waals surface area contributed by atoms with Gasteiger partial charge in [0.15, 0.2) is 0 Å². The zero-order valence-electron chi connectivity index (χ0n) is 12.3. The Kier molecular flexibility index (Phi) is 3.93. The Balaban J connectivity index is 1.73. The Morgan fingerprint density at radius 1 is 1.29 bits per heavy atom. The highest BCUT2D eigenvalue weighted by molar-refractivity contribution is 5.89. The third-order valence-electron chi connectivity index (χ3n) is 4.30. The minimum atomic E-state index is 0.0382. The van der Waals surface area contributed by atoms with Crippen molar-refractivity contribution in [3.05, 3.63) is 48.0 Å². The summed E-state index contributed by atoms with van der Waals surface area (Å²) in [5.74, 6) is 0.531. The fourth-order valence-electron chi connectivity index (χ4n) is 3.02. The molecule has 0 aromatic heterocycles. The number of hydrogen-bond donors (Lipinski definition) is 2. The minimum Gasteiger partial charge on any atom is -0.396 e. The zero-order valence-corrected chi connectivity index (χ0v) is 12.3. The van der Waals surface area contributed by atoms with Crippen molar-refractivity contribution in [2.75, 3.05) is 6.61 Å². The molecule has 3 atom stereocenters. The highest BCUT2D eigenvalue weighted by Crippen LogP contribution is 2.49. The van der Waals surface area contributed by atoms with Gasteiger partial charge >= 0.3 is 0 Å². The number of carbonyl (C=O) groups is 1. The Bertz CT molecular complexity index is 647. The molecule has 1 saturated carbocycles. The molecular weight excluding hydrogens is 262 g/mol. The maximum atomic E-state index is 12.2. The van der Waals surface area contributed by atoms with Gasteiger partial charge in [-0.3, -0.25) is 4.79 Å². The summed E-state index contributed by atoms with van der Waals surface area (Å²) in [7, 11) is 0. The molecule has 2 N–H and O–H groups in total. The van der Waals surface area contributed by atoms with Crippen LogP contribution in [0.25, 0.3) is 10.8 Å². The summed E-state index contributed by atoms with van der Waals surface area (Å²) in [6, 6.07) is 14.7. The van der Waals surface area contributed by atoms with Crippen molar-refractivity contribution in [1.29, 1.82) is 0 Å². The first-order valence-corrected chi connectivity index (χ1v) is 7.59. The Morgan fingerprint density at radius 2 is 2.05 bits per heavy atom. The standard InChI is InChI=1S/C18H21NO2/c1-12(9-10-20)19-18(21)17-11-16(17)15-8-4-6-13-5-2-3-7-14(13)15/h2-8,12,16-17,20H,9-11H2,1H3,(H,19,21). The SMILES string of the molecule is CC(CCO)NC(=O)C1CC1c1cccc2ccccc12. The molecule has 3 nitrogen and oxygen atoms in total. The second kappa shape index (κ2) is 5.86. The number of fused-ring (bicyclic) bond motifs is 1. The van der Waals surface area contributed by atoms with Crippen molar-refractivity contribution in [3.8, 4) is 0 Å². The van der Waals surface area contributed by atoms with E-state index in [9.17, 15) is 4.79 Å². The Hall–Kier alpha value is -1.87. The number of nitrogens with one attached hydrogen (secondary N) is 1. The number of hydrogen-bond acceptors (Lipinski definition) is 2. The molecule has 1 aliphatic rings. The number of carbonyl (C=O) groups excluding carboxylic acids is 1. The van der Waals surface area contributed by atoms with E-state index in [1.165, 1.54) is 16.3 Å². The normalized spacial score (nSPS) is 22.0. The third kappa shape index (κ3) is 2.93. The van der Waals surface area contributed by atoms with Gasteiger partial charge in [-0.1, -0.05) is 42.5 Å². The lowest BCUT2D eigenvalue weighted by Crippen LogP contribution is -2.34. The number of benzene rings is 2. The van der Waals surface area contributed by atoms with Gasteiger partial charge in [0, 0.05) is 18.6 Å². The molecule has 0 radical (unpaired) electrons. The zero-order chi connectivity index (χ0) is 14.8. The molecule has 21 heavy (non-hydrogen) atoms. The summed E-state index contributed by atoms with van der Waals surface area (Å²) in [6.45, 7) is 2.04. The van der Waals surface area contributed by atoms with Crippen molar-refractivity contribution in [2.45, 2.75) is 31.7 Å². The van der Waals surface area contributed by atoms with E-state index in [1.54, 1.807) is 0 Å². The highest BCUT2D eigenvalue weighted by Gasteiger charge is 2.44. The van der Waals surface area contributed by atoms with Crippen LogP contribution in [0.4, 0.5) is 0 Å². The van der Waals surface area contributed by atoms with E-state index in [1.807, 2.05) is 19.1 Å². The summed E-state index contributed by atoms with van der Waals surface area (Å²) in [5, 5.41) is 14.4. The monoisotopic (exact) mass is 283 g/mol. The maximum Gasteiger partial charge on any atom is 0.223 e. The number of aliphatic hydroxyl groups excluding tert-OH is 1. The summed E-state index contributed by atoms with van der Waals surface area (Å²) in [5.41, 5.74) is 1.28. The number of aliphatic hydroxyl groups is 1. The fraction of sp³-hybridized carbons (Fsp3) is 0.389. The van der Waals surface area contributed by atoms with Gasteiger partial charge in [-0.05, 0) is 42.0 Å². The Labute approximate surface area is 125 Å². The molecule has 2 aromatic carbocycles. The van der Waals surface area contributed by atoms with E-state index in [-0.39, 0.29) is 24.5 Å². The average molecular weight is 283 g/mol. The van der Waals surface area contributed by atoms with Crippen molar-refractivity contribution in [1.82, 2.24) is 5.32 Å². The van der Waals surface area contributed by atoms with Gasteiger partial charge < -0.3 is 10.4 Å². The van der Waals surface area contributed by atoms with Crippen LogP contribution >= 0.6 is 0 Å². The van der Waals surface area contributed by atoms with Crippen LogP contribution < -0.4 is 5.32 Å². The van der Waals surface area contributed by atoms with Crippen LogP contribution in [0, 0.1) is 5.92 Å². The number of amides is 1. The van der Waals surface area contributed by atoms with Crippen molar-refractivity contribution in [3.63, 3.8) is 0 Å². The smallest absolute Gasteiger partial charge is 0.223 e. The summed E-state index contributed by atoms with van der Waals surface area (Å²) in [6.07, 6.45) is 1.53. The van der Waals surface area contributed by atoms with Gasteiger partial charge in [0.1, 0.15) is 0 Å². The lowest BCUT2D eigenvalue weighted by atomic mass is 10.00. The van der Waals surface area contributed by atoms with Crippen LogP contribution in [0.2, 0.25) is 0 Å². The van der Waals surface area contributed by atoms with Crippen molar-refractivity contribution < 1.29 is 9.90 Å². The largest absolute Gasteiger partial charge is 0.396 e. The van der Waals surface area contributed by atoms with Gasteiger partial charge in [0.2, 0.25) is 5.91 Å². The number of rotatable bonds is 5. The average Bonchev–Trinajstić information content (AvgIpc) is 3.27. The molecule has 1 fully saturated rings. The molecule has 0 spiro atoms. The van der Waals surface area contributed by atoms with Crippen LogP contribution in [-0.2, 0) is 4.79 Å². The lowest BCUT2D eigenvalue weighted by molar-refractivity contribution is -0.123. The van der Waals surface area contributed by atoms with Crippen molar-refractivity contribution in [2.24, 2.45) is 5.92 Å². The molecular formula is C18H21NO2. The molecule has 3 heteroatoms. The first-order chi connectivity index (χ1) is 10.2. The predicted octanol–water partition coefficient (Wildman–Crippen LogP) is 2.83. The van der Waals surface area contributed by atoms with Gasteiger partial charge in [-0.25, -0.2) is 0 Å². The van der Waals surface area contributed by atoms with Crippen LogP contribution in [-0.4, -0.2) is 23.7 Å². The topological polar surface area (TPSA) is 49.3 Å². The molecule has 110 valence electrons. The third-order valence-corrected chi connectivity index (χ3v) is 4.30. The molecule has 1 amide bonds. The lowest BCUT2D eigenvalue weighted by Gasteiger charge is -2.12. The molecule has 3 unspecified atom stereocenters. The summed E-state index contributed by atoms with van der Waals surface area (Å²) in [4.78, 5) is 12.2. The van der Waals surface area contributed by atoms with Crippen LogP contribution in [0.15, 0.2) is 42.5 Å². The van der Waals surface area contributed by atoms with Crippen LogP contribution in [0.1, 0.15) is 31.2 Å². The van der Waals surface area contributed by atoms with E-state index in [0.29, 0.717) is 12.3 Å². The first-order valence-electron chi connectivity index (χ1n) is 7.59. The molecule has 0 heterocycles. The summed E-state index contributed by atoms with van der Waals surface area (Å²) < 4.78 is 0. The molecule has 3 rings (SSSR count). The van der Waals surface area contributed by atoms with E-state index >= 15 is 0 Å². The maximum absolute atomic E-state index is 12.2. The second-order valence-corrected chi connectivity index (χ2v) is 5.94. The van der Waals surface area contributed by atoms with Crippen LogP contribution in [0.5, 0.6) is 0 Å². The Morgan fingerprint density at radius 3 is 2.86 bits per heavy atom. The van der Waals surface area contributed by atoms with E-state index < -0.39 is 0 Å². The second-order valence-electron chi connectivity index (χ2n) is 5.94. The van der Waals surface area contributed by atoms with E-state index in [2.05, 4.69) is 35.6 Å². The quantitative estimate of drug-likeness (QED) is 0.886. The van der Waals surface area contributed by atoms with Gasteiger partial charge in [-0.2, -0.15) is 0 Å². The molecule has 1 aliphatic carbocycles. The fourth-order valence-corrected chi connectivity index (χ4v) is 3.02. The van der Waals surface area contributed by atoms with Crippen LogP contribution in [0.3, 0.4) is 0 Å². The molecule has 0 saturated heterocycles. The minimum absolute atomic E-state index is 0.0382. The highest BCUT2D eigenvalue weighted by atomic mass is 16.3. The molecule has 2 aromatic rings. The van der Waals surface area contributed by atoms with Gasteiger partial charge in [0.05, 0.1) is 0 Å². The van der Waals surface area contributed by atoms with Gasteiger partial charge in [0.25, 0.3) is 0 Å². The predicted molar refractivity (Wildman–Crippen MR) is 84.1 cm³/mol. The van der Waals surface area contributed by atoms with E-state index in [4.69, 9.17) is 5.11 Å². The van der Waals surface area contributed by atoms with E-state index in [0.717, 1.165) is 6.42 Å². The summed E-state index contributed by atoms with van der Waals surface area (Å²) >= 11 is 0.